The van der Waals surface area contributed by atoms with Gasteiger partial charge < -0.3 is 9.90 Å². The number of hydrogen-bond donors (Lipinski definition) is 1. The Labute approximate surface area is 84.0 Å². The molecule has 2 nitrogen and oxygen atoms in total. The number of carbonyl (C=O) groups is 1. The summed E-state index contributed by atoms with van der Waals surface area (Å²) in [5.74, 6) is -0.118. The minimum Gasteiger partial charge on any atom is -0.508 e. The quantitative estimate of drug-likeness (QED) is 0.764. The Morgan fingerprint density at radius 1 is 1.46 bits per heavy atom. The fraction of sp³-hybridized carbons (Fsp3) is 0.100. The number of carbonyl (C=O) groups excluding carboxylic acids is 1. The second-order valence-electron chi connectivity index (χ2n) is 2.91. The first-order valence-corrected chi connectivity index (χ1v) is 4.68. The summed E-state index contributed by atoms with van der Waals surface area (Å²) in [6.07, 6.45) is 4.45. The molecule has 1 aromatic carbocycles. The Balaban J connectivity index is 2.67. The lowest BCUT2D eigenvalue weighted by Gasteiger charge is -2.07. The topological polar surface area (TPSA) is 37.3 Å². The average molecular weight is 239 g/mol. The number of aromatic hydroxyl groups is 1. The molecular weight excluding hydrogens is 232 g/mol. The summed E-state index contributed by atoms with van der Waals surface area (Å²) in [6.45, 7) is 0. The number of halogens is 1. The van der Waals surface area contributed by atoms with Gasteiger partial charge in [-0.05, 0) is 17.7 Å². The maximum absolute atomic E-state index is 10.7. The van der Waals surface area contributed by atoms with Gasteiger partial charge in [0.2, 0.25) is 0 Å². The summed E-state index contributed by atoms with van der Waals surface area (Å²) in [7, 11) is 0. The number of phenols is 1. The van der Waals surface area contributed by atoms with Gasteiger partial charge >= 0.3 is 0 Å². The highest BCUT2D eigenvalue weighted by Gasteiger charge is 2.21. The predicted octanol–water partition coefficient (Wildman–Crippen LogP) is 2.46. The van der Waals surface area contributed by atoms with Crippen molar-refractivity contribution in [1.29, 1.82) is 0 Å². The van der Waals surface area contributed by atoms with Gasteiger partial charge in [0, 0.05) is 10.0 Å². The molecule has 3 heteroatoms. The van der Waals surface area contributed by atoms with E-state index in [1.807, 2.05) is 6.08 Å². The highest BCUT2D eigenvalue weighted by atomic mass is 79.9. The van der Waals surface area contributed by atoms with Crippen molar-refractivity contribution in [1.82, 2.24) is 0 Å². The van der Waals surface area contributed by atoms with Crippen LogP contribution in [0.2, 0.25) is 0 Å². The molecule has 0 aromatic heterocycles. The Kier molecular flexibility index (Phi) is 1.96. The second kappa shape index (κ2) is 3.00. The van der Waals surface area contributed by atoms with E-state index in [-0.39, 0.29) is 11.7 Å². The van der Waals surface area contributed by atoms with Gasteiger partial charge in [-0.3, -0.25) is 0 Å². The Bertz CT molecular complexity index is 396. The molecule has 0 heterocycles. The van der Waals surface area contributed by atoms with Crippen molar-refractivity contribution in [3.63, 3.8) is 0 Å². The van der Waals surface area contributed by atoms with Gasteiger partial charge in [0.05, 0.1) is 5.92 Å². The van der Waals surface area contributed by atoms with Crippen molar-refractivity contribution in [2.45, 2.75) is 5.92 Å². The summed E-state index contributed by atoms with van der Waals surface area (Å²) >= 11 is 3.36. The van der Waals surface area contributed by atoms with Crippen molar-refractivity contribution >= 4 is 28.3 Å². The van der Waals surface area contributed by atoms with Gasteiger partial charge in [-0.15, -0.1) is 0 Å². The third-order valence-electron chi connectivity index (χ3n) is 2.16. The number of phenolic OH excluding ortho intramolecular Hbond substituents is 1. The van der Waals surface area contributed by atoms with Crippen LogP contribution < -0.4 is 0 Å². The Morgan fingerprint density at radius 2 is 2.23 bits per heavy atom. The van der Waals surface area contributed by atoms with Crippen LogP contribution in [0, 0.1) is 0 Å². The smallest absolute Gasteiger partial charge is 0.131 e. The summed E-state index contributed by atoms with van der Waals surface area (Å²) in [4.78, 5) is 10.7. The van der Waals surface area contributed by atoms with Crippen molar-refractivity contribution in [3.8, 4) is 5.75 Å². The maximum atomic E-state index is 10.7. The molecule has 1 aliphatic carbocycles. The van der Waals surface area contributed by atoms with Crippen molar-refractivity contribution in [2.75, 3.05) is 0 Å². The van der Waals surface area contributed by atoms with E-state index in [4.69, 9.17) is 0 Å². The lowest BCUT2D eigenvalue weighted by Crippen LogP contribution is -1.94. The van der Waals surface area contributed by atoms with E-state index >= 15 is 0 Å². The summed E-state index contributed by atoms with van der Waals surface area (Å²) in [6, 6.07) is 3.36. The summed E-state index contributed by atoms with van der Waals surface area (Å²) in [5, 5.41) is 9.54. The number of allylic oxidation sites excluding steroid dienone is 1. The average Bonchev–Trinajstić information content (AvgIpc) is 2.56. The molecule has 0 spiro atoms. The van der Waals surface area contributed by atoms with Crippen LogP contribution in [0.25, 0.3) is 6.08 Å². The largest absolute Gasteiger partial charge is 0.508 e. The lowest BCUT2D eigenvalue weighted by atomic mass is 10.0. The van der Waals surface area contributed by atoms with Crippen LogP contribution in [0.15, 0.2) is 22.7 Å². The molecule has 0 amide bonds. The zero-order valence-electron chi connectivity index (χ0n) is 6.70. The molecule has 0 saturated heterocycles. The number of rotatable bonds is 1. The molecule has 0 saturated carbocycles. The zero-order chi connectivity index (χ0) is 9.42. The monoisotopic (exact) mass is 238 g/mol. The fourth-order valence-electron chi connectivity index (χ4n) is 1.53. The minimum atomic E-state index is -0.299. The van der Waals surface area contributed by atoms with Gasteiger partial charge in [-0.1, -0.05) is 28.1 Å². The molecule has 2 rings (SSSR count). The second-order valence-corrected chi connectivity index (χ2v) is 3.77. The molecule has 1 N–H and O–H groups in total. The van der Waals surface area contributed by atoms with Crippen LogP contribution in [0.5, 0.6) is 5.75 Å². The zero-order valence-corrected chi connectivity index (χ0v) is 8.28. The molecule has 1 aromatic rings. The van der Waals surface area contributed by atoms with E-state index in [1.165, 1.54) is 0 Å². The standard InChI is InChI=1S/C10H7BrO2/c11-8-3-4-9(13)10-6(5-12)1-2-7(8)10/h1-6,13H. The molecule has 1 unspecified atom stereocenters. The van der Waals surface area contributed by atoms with Crippen LogP contribution in [0.3, 0.4) is 0 Å². The molecule has 1 aliphatic rings. The van der Waals surface area contributed by atoms with Crippen molar-refractivity contribution < 1.29 is 9.90 Å². The third-order valence-corrected chi connectivity index (χ3v) is 2.85. The molecule has 1 atom stereocenters. The van der Waals surface area contributed by atoms with Crippen LogP contribution in [0.1, 0.15) is 17.0 Å². The SMILES string of the molecule is O=CC1C=Cc2c(Br)ccc(O)c21. The Hall–Kier alpha value is -1.09. The first kappa shape index (κ1) is 8.51. The van der Waals surface area contributed by atoms with E-state index in [0.29, 0.717) is 5.56 Å². The number of aldehydes is 1. The molecule has 0 aliphatic heterocycles. The highest BCUT2D eigenvalue weighted by molar-refractivity contribution is 9.10. The van der Waals surface area contributed by atoms with Gasteiger partial charge in [0.1, 0.15) is 12.0 Å². The van der Waals surface area contributed by atoms with E-state index in [1.54, 1.807) is 18.2 Å². The highest BCUT2D eigenvalue weighted by Crippen LogP contribution is 2.39. The molecule has 0 fully saturated rings. The molecule has 0 radical (unpaired) electrons. The van der Waals surface area contributed by atoms with Crippen LogP contribution in [-0.2, 0) is 4.79 Å². The van der Waals surface area contributed by atoms with E-state index < -0.39 is 0 Å². The molecular formula is C10H7BrO2. The van der Waals surface area contributed by atoms with Gasteiger partial charge in [0.15, 0.2) is 0 Å². The number of benzene rings is 1. The minimum absolute atomic E-state index is 0.181. The van der Waals surface area contributed by atoms with E-state index in [2.05, 4.69) is 15.9 Å². The van der Waals surface area contributed by atoms with Gasteiger partial charge in [0.25, 0.3) is 0 Å². The Morgan fingerprint density at radius 3 is 2.92 bits per heavy atom. The van der Waals surface area contributed by atoms with Gasteiger partial charge in [-0.2, -0.15) is 0 Å². The van der Waals surface area contributed by atoms with Crippen molar-refractivity contribution in [3.05, 3.63) is 33.8 Å². The van der Waals surface area contributed by atoms with Crippen LogP contribution in [0.4, 0.5) is 0 Å². The first-order chi connectivity index (χ1) is 6.24. The molecule has 0 bridgehead atoms. The summed E-state index contributed by atoms with van der Waals surface area (Å²) in [5.41, 5.74) is 1.60. The normalized spacial score (nSPS) is 18.7. The number of hydrogen-bond acceptors (Lipinski definition) is 2. The third kappa shape index (κ3) is 1.20. The first-order valence-electron chi connectivity index (χ1n) is 3.89. The van der Waals surface area contributed by atoms with Gasteiger partial charge in [-0.25, -0.2) is 0 Å². The lowest BCUT2D eigenvalue weighted by molar-refractivity contribution is -0.108. The summed E-state index contributed by atoms with van der Waals surface area (Å²) < 4.78 is 0.904. The number of fused-ring (bicyclic) bond motifs is 1. The molecule has 13 heavy (non-hydrogen) atoms. The van der Waals surface area contributed by atoms with Crippen LogP contribution in [-0.4, -0.2) is 11.4 Å². The van der Waals surface area contributed by atoms with E-state index in [0.717, 1.165) is 16.3 Å². The van der Waals surface area contributed by atoms with Crippen LogP contribution >= 0.6 is 15.9 Å². The fourth-order valence-corrected chi connectivity index (χ4v) is 2.01. The van der Waals surface area contributed by atoms with E-state index in [9.17, 15) is 9.90 Å². The molecule has 66 valence electrons. The predicted molar refractivity (Wildman–Crippen MR) is 53.6 cm³/mol. The maximum Gasteiger partial charge on any atom is 0.131 e. The van der Waals surface area contributed by atoms with Crippen molar-refractivity contribution in [2.24, 2.45) is 0 Å².